The second-order valence-electron chi connectivity index (χ2n) is 17.0. The van der Waals surface area contributed by atoms with Gasteiger partial charge >= 0.3 is 19.8 Å². The average molecular weight is 978 g/mol. The minimum atomic E-state index is -4.40. The highest BCUT2D eigenvalue weighted by molar-refractivity contribution is 7.47. The molecule has 0 saturated heterocycles. The van der Waals surface area contributed by atoms with Gasteiger partial charge in [-0.2, -0.15) is 0 Å². The number of ether oxygens (including phenoxy) is 2. The molecular weight excluding hydrogens is 882 g/mol. The molecule has 390 valence electrons. The van der Waals surface area contributed by atoms with Crippen LogP contribution in [0.4, 0.5) is 0 Å². The van der Waals surface area contributed by atoms with Crippen LogP contribution in [0.3, 0.4) is 0 Å². The number of phosphoric acid groups is 1. The largest absolute Gasteiger partial charge is 0.472 e. The Labute approximate surface area is 421 Å². The van der Waals surface area contributed by atoms with Crippen molar-refractivity contribution in [3.8, 4) is 0 Å². The second-order valence-corrected chi connectivity index (χ2v) is 18.4. The molecule has 69 heavy (non-hydrogen) atoms. The number of allylic oxidation sites excluding steroid dienone is 22. The molecule has 0 aromatic carbocycles. The minimum absolute atomic E-state index is 0.0412. The maximum atomic E-state index is 12.7. The van der Waals surface area contributed by atoms with E-state index >= 15 is 0 Å². The molecule has 2 unspecified atom stereocenters. The molecule has 0 radical (unpaired) electrons. The van der Waals surface area contributed by atoms with Crippen molar-refractivity contribution in [3.05, 3.63) is 134 Å². The molecule has 0 rings (SSSR count). The van der Waals surface area contributed by atoms with Crippen LogP contribution in [0.5, 0.6) is 0 Å². The predicted molar refractivity (Wildman–Crippen MR) is 293 cm³/mol. The third-order valence-corrected chi connectivity index (χ3v) is 11.5. The fourth-order valence-electron chi connectivity index (χ4n) is 6.66. The molecule has 0 saturated carbocycles. The van der Waals surface area contributed by atoms with E-state index in [2.05, 4.69) is 148 Å². The molecule has 0 fully saturated rings. The van der Waals surface area contributed by atoms with E-state index in [4.69, 9.17) is 24.3 Å². The molecule has 0 aliphatic rings. The summed E-state index contributed by atoms with van der Waals surface area (Å²) in [6.07, 6.45) is 74.9. The van der Waals surface area contributed by atoms with Crippen LogP contribution >= 0.6 is 7.82 Å². The van der Waals surface area contributed by atoms with Crippen LogP contribution in [-0.4, -0.2) is 49.3 Å². The zero-order chi connectivity index (χ0) is 50.2. The Balaban J connectivity index is 4.09. The Morgan fingerprint density at radius 2 is 0.754 bits per heavy atom. The molecule has 0 aliphatic carbocycles. The topological polar surface area (TPSA) is 134 Å². The third-order valence-electron chi connectivity index (χ3n) is 10.5. The quantitative estimate of drug-likeness (QED) is 0.0264. The summed E-state index contributed by atoms with van der Waals surface area (Å²) >= 11 is 0. The number of esters is 2. The normalized spacial score (nSPS) is 14.2. The molecule has 0 amide bonds. The van der Waals surface area contributed by atoms with Gasteiger partial charge in [0.05, 0.1) is 13.2 Å². The molecular formula is C59H96NO8P. The van der Waals surface area contributed by atoms with E-state index in [9.17, 15) is 19.0 Å². The van der Waals surface area contributed by atoms with Crippen molar-refractivity contribution < 1.29 is 37.6 Å². The first-order chi connectivity index (χ1) is 33.8. The van der Waals surface area contributed by atoms with E-state index in [1.165, 1.54) is 32.1 Å². The molecule has 0 aliphatic heterocycles. The minimum Gasteiger partial charge on any atom is -0.462 e. The third kappa shape index (κ3) is 53.4. The van der Waals surface area contributed by atoms with Crippen LogP contribution in [-0.2, 0) is 32.7 Å². The average Bonchev–Trinajstić information content (AvgIpc) is 3.34. The first kappa shape index (κ1) is 65.1. The number of nitrogens with two attached hydrogens (primary N) is 1. The molecule has 0 aromatic rings. The van der Waals surface area contributed by atoms with Gasteiger partial charge in [0.2, 0.25) is 0 Å². The lowest BCUT2D eigenvalue weighted by atomic mass is 10.1. The maximum Gasteiger partial charge on any atom is 0.472 e. The number of hydrogen-bond donors (Lipinski definition) is 2. The Bertz CT molecular complexity index is 1580. The summed E-state index contributed by atoms with van der Waals surface area (Å²) in [5.74, 6) is -0.874. The van der Waals surface area contributed by atoms with Gasteiger partial charge in [0.1, 0.15) is 6.61 Å². The molecule has 0 spiro atoms. The van der Waals surface area contributed by atoms with Crippen molar-refractivity contribution in [1.29, 1.82) is 0 Å². The molecule has 0 aromatic heterocycles. The fraction of sp³-hybridized carbons (Fsp3) is 0.593. The first-order valence-corrected chi connectivity index (χ1v) is 28.2. The lowest BCUT2D eigenvalue weighted by Gasteiger charge is -2.19. The Morgan fingerprint density at radius 3 is 1.12 bits per heavy atom. The van der Waals surface area contributed by atoms with E-state index in [1.807, 2.05) is 0 Å². The van der Waals surface area contributed by atoms with Gasteiger partial charge in [-0.3, -0.25) is 18.6 Å². The second kappa shape index (κ2) is 53.5. The summed E-state index contributed by atoms with van der Waals surface area (Å²) in [6, 6.07) is 0. The predicted octanol–water partition coefficient (Wildman–Crippen LogP) is 16.6. The van der Waals surface area contributed by atoms with Crippen molar-refractivity contribution >= 4 is 19.8 Å². The molecule has 10 heteroatoms. The lowest BCUT2D eigenvalue weighted by molar-refractivity contribution is -0.161. The van der Waals surface area contributed by atoms with Gasteiger partial charge in [0.25, 0.3) is 0 Å². The van der Waals surface area contributed by atoms with Crippen LogP contribution < -0.4 is 5.73 Å². The van der Waals surface area contributed by atoms with E-state index in [-0.39, 0.29) is 32.6 Å². The van der Waals surface area contributed by atoms with E-state index in [0.717, 1.165) is 122 Å². The lowest BCUT2D eigenvalue weighted by Crippen LogP contribution is -2.29. The summed E-state index contributed by atoms with van der Waals surface area (Å²) in [7, 11) is -4.40. The van der Waals surface area contributed by atoms with Gasteiger partial charge < -0.3 is 20.1 Å². The smallest absolute Gasteiger partial charge is 0.462 e. The summed E-state index contributed by atoms with van der Waals surface area (Å²) in [6.45, 7) is 3.45. The van der Waals surface area contributed by atoms with Gasteiger partial charge in [-0.25, -0.2) is 4.57 Å². The van der Waals surface area contributed by atoms with E-state index in [0.29, 0.717) is 12.8 Å². The van der Waals surface area contributed by atoms with Crippen LogP contribution in [0.25, 0.3) is 0 Å². The van der Waals surface area contributed by atoms with Crippen LogP contribution in [0, 0.1) is 0 Å². The van der Waals surface area contributed by atoms with Crippen molar-refractivity contribution in [2.24, 2.45) is 5.73 Å². The summed E-state index contributed by atoms with van der Waals surface area (Å²) in [5, 5.41) is 0. The SMILES string of the molecule is CC/C=C\C/C=C\C/C=C\C/C=C\C/C=C\C/C=C\C/C=C\CCCCCCCCCCCC(=O)OC(COC(=O)CCCCCC/C=C\C/C=C\C/C=C\C/C=C\CC)COP(=O)(O)OCCN. The van der Waals surface area contributed by atoms with Crippen LogP contribution in [0.1, 0.15) is 194 Å². The molecule has 9 nitrogen and oxygen atoms in total. The highest BCUT2D eigenvalue weighted by Crippen LogP contribution is 2.43. The van der Waals surface area contributed by atoms with E-state index < -0.39 is 32.5 Å². The summed E-state index contributed by atoms with van der Waals surface area (Å²) in [4.78, 5) is 35.1. The molecule has 0 heterocycles. The Morgan fingerprint density at radius 1 is 0.435 bits per heavy atom. The number of carbonyl (C=O) groups is 2. The van der Waals surface area contributed by atoms with Crippen LogP contribution in [0.2, 0.25) is 0 Å². The number of phosphoric ester groups is 1. The van der Waals surface area contributed by atoms with Crippen molar-refractivity contribution in [3.63, 3.8) is 0 Å². The molecule has 2 atom stereocenters. The van der Waals surface area contributed by atoms with Gasteiger partial charge in [-0.15, -0.1) is 0 Å². The van der Waals surface area contributed by atoms with E-state index in [1.54, 1.807) is 0 Å². The van der Waals surface area contributed by atoms with Crippen molar-refractivity contribution in [1.82, 2.24) is 0 Å². The molecule has 3 N–H and O–H groups in total. The number of rotatable bonds is 48. The van der Waals surface area contributed by atoms with Crippen molar-refractivity contribution in [2.75, 3.05) is 26.4 Å². The highest BCUT2D eigenvalue weighted by atomic mass is 31.2. The number of unbranched alkanes of at least 4 members (excludes halogenated alkanes) is 13. The Kier molecular flexibility index (Phi) is 50.5. The number of hydrogen-bond acceptors (Lipinski definition) is 8. The maximum absolute atomic E-state index is 12.7. The van der Waals surface area contributed by atoms with Gasteiger partial charge in [-0.05, 0) is 109 Å². The fourth-order valence-corrected chi connectivity index (χ4v) is 7.43. The number of carbonyl (C=O) groups excluding carboxylic acids is 2. The monoisotopic (exact) mass is 978 g/mol. The van der Waals surface area contributed by atoms with Crippen molar-refractivity contribution in [2.45, 2.75) is 200 Å². The standard InChI is InChI=1S/C59H96NO8P/c1-3-5-7-9-11-13-15-17-19-21-22-23-24-25-26-27-28-29-30-31-32-33-34-36-38-40-42-44-46-48-50-52-59(62)68-57(56-67-69(63,64)66-54-53-60)55-65-58(61)51-49-47-45-43-41-39-37-35-20-18-16-14-12-10-8-6-4-2/h5-8,11-14,17-20,22-23,25-26,28-29,31-32,37,39,57H,3-4,9-10,15-16,21,24,27,30,33-36,38,40-56,60H2,1-2H3,(H,63,64)/b7-5-,8-6-,13-11-,14-12-,19-17-,20-18-,23-22-,26-25-,29-28-,32-31-,39-37-. The van der Waals surface area contributed by atoms with Crippen LogP contribution in [0.15, 0.2) is 134 Å². The first-order valence-electron chi connectivity index (χ1n) is 26.7. The van der Waals surface area contributed by atoms with Gasteiger partial charge in [0, 0.05) is 19.4 Å². The molecule has 0 bridgehead atoms. The van der Waals surface area contributed by atoms with Gasteiger partial charge in [-0.1, -0.05) is 205 Å². The summed E-state index contributed by atoms with van der Waals surface area (Å²) in [5.41, 5.74) is 5.37. The summed E-state index contributed by atoms with van der Waals surface area (Å²) < 4.78 is 32.9. The zero-order valence-electron chi connectivity index (χ0n) is 43.2. The Hall–Kier alpha value is -3.85. The highest BCUT2D eigenvalue weighted by Gasteiger charge is 2.26. The zero-order valence-corrected chi connectivity index (χ0v) is 44.1. The van der Waals surface area contributed by atoms with Gasteiger partial charge in [0.15, 0.2) is 6.10 Å².